The smallest absolute Gasteiger partial charge is 0.175 e. The summed E-state index contributed by atoms with van der Waals surface area (Å²) in [4.78, 5) is 0.303. The number of aryl methyl sites for hydroxylation is 3. The highest BCUT2D eigenvalue weighted by molar-refractivity contribution is 7.90. The fourth-order valence-corrected chi connectivity index (χ4v) is 2.72. The largest absolute Gasteiger partial charge is 0.494 e. The first kappa shape index (κ1) is 15.6. The zero-order chi connectivity index (χ0) is 15.5. The fourth-order valence-electron chi connectivity index (χ4n) is 2.09. The van der Waals surface area contributed by atoms with Gasteiger partial charge in [-0.25, -0.2) is 8.42 Å². The molecule has 5 nitrogen and oxygen atoms in total. The van der Waals surface area contributed by atoms with Crippen molar-refractivity contribution in [1.82, 2.24) is 9.78 Å². The predicted octanol–water partition coefficient (Wildman–Crippen LogP) is 2.37. The minimum Gasteiger partial charge on any atom is -0.494 e. The molecule has 0 N–H and O–H groups in total. The van der Waals surface area contributed by atoms with E-state index in [1.165, 1.54) is 6.26 Å². The molecule has 6 heteroatoms. The van der Waals surface area contributed by atoms with Crippen LogP contribution in [0.15, 0.2) is 35.2 Å². The van der Waals surface area contributed by atoms with E-state index in [1.54, 1.807) is 24.3 Å². The van der Waals surface area contributed by atoms with E-state index in [-0.39, 0.29) is 0 Å². The first-order valence-electron chi connectivity index (χ1n) is 6.80. The molecule has 2 rings (SSSR count). The number of sulfone groups is 1. The van der Waals surface area contributed by atoms with Crippen molar-refractivity contribution in [2.45, 2.75) is 31.7 Å². The Morgan fingerprint density at radius 1 is 1.19 bits per heavy atom. The van der Waals surface area contributed by atoms with Crippen molar-refractivity contribution in [1.29, 1.82) is 0 Å². The maximum atomic E-state index is 11.3. The van der Waals surface area contributed by atoms with Crippen molar-refractivity contribution in [3.63, 3.8) is 0 Å². The summed E-state index contributed by atoms with van der Waals surface area (Å²) < 4.78 is 30.3. The molecule has 114 valence electrons. The van der Waals surface area contributed by atoms with E-state index in [1.807, 2.05) is 24.6 Å². The number of hydrogen-bond donors (Lipinski definition) is 0. The molecule has 0 unspecified atom stereocenters. The van der Waals surface area contributed by atoms with Crippen LogP contribution >= 0.6 is 0 Å². The summed E-state index contributed by atoms with van der Waals surface area (Å²) in [6, 6.07) is 8.53. The second kappa shape index (κ2) is 6.30. The molecule has 0 radical (unpaired) electrons. The van der Waals surface area contributed by atoms with E-state index >= 15 is 0 Å². The SMILES string of the molecule is Cc1cc(C)n(CCCOc2ccc(S(C)(=O)=O)cc2)n1. The van der Waals surface area contributed by atoms with Crippen LogP contribution in [0.25, 0.3) is 0 Å². The predicted molar refractivity (Wildman–Crippen MR) is 81.4 cm³/mol. The van der Waals surface area contributed by atoms with Gasteiger partial charge in [-0.15, -0.1) is 0 Å². The zero-order valence-electron chi connectivity index (χ0n) is 12.5. The molecular formula is C15H20N2O3S. The van der Waals surface area contributed by atoms with Crippen molar-refractivity contribution < 1.29 is 13.2 Å². The molecule has 2 aromatic rings. The quantitative estimate of drug-likeness (QED) is 0.769. The molecule has 1 aromatic carbocycles. The topological polar surface area (TPSA) is 61.2 Å². The van der Waals surface area contributed by atoms with Gasteiger partial charge in [0.05, 0.1) is 17.2 Å². The summed E-state index contributed by atoms with van der Waals surface area (Å²) in [5, 5.41) is 4.39. The average Bonchev–Trinajstić information content (AvgIpc) is 2.73. The van der Waals surface area contributed by atoms with Crippen LogP contribution in [0.2, 0.25) is 0 Å². The van der Waals surface area contributed by atoms with Crippen LogP contribution in [0.5, 0.6) is 5.75 Å². The van der Waals surface area contributed by atoms with Crippen molar-refractivity contribution in [2.75, 3.05) is 12.9 Å². The number of nitrogens with zero attached hydrogens (tertiary/aromatic N) is 2. The van der Waals surface area contributed by atoms with Gasteiger partial charge in [-0.3, -0.25) is 4.68 Å². The lowest BCUT2D eigenvalue weighted by Gasteiger charge is -2.08. The molecule has 0 saturated carbocycles. The van der Waals surface area contributed by atoms with Crippen LogP contribution in [-0.2, 0) is 16.4 Å². The standard InChI is InChI=1S/C15H20N2O3S/c1-12-11-13(2)17(16-12)9-4-10-20-14-5-7-15(8-6-14)21(3,18)19/h5-8,11H,4,9-10H2,1-3H3. The van der Waals surface area contributed by atoms with Gasteiger partial charge < -0.3 is 4.74 Å². The summed E-state index contributed by atoms with van der Waals surface area (Å²) in [7, 11) is -3.15. The lowest BCUT2D eigenvalue weighted by Crippen LogP contribution is -2.07. The molecule has 0 saturated heterocycles. The highest BCUT2D eigenvalue weighted by atomic mass is 32.2. The second-order valence-electron chi connectivity index (χ2n) is 5.10. The van der Waals surface area contributed by atoms with Gasteiger partial charge in [0.1, 0.15) is 5.75 Å². The molecule has 0 aliphatic heterocycles. The first-order chi connectivity index (χ1) is 9.86. The summed E-state index contributed by atoms with van der Waals surface area (Å²) in [6.07, 6.45) is 2.03. The Morgan fingerprint density at radius 3 is 2.38 bits per heavy atom. The van der Waals surface area contributed by atoms with Gasteiger partial charge in [0.25, 0.3) is 0 Å². The van der Waals surface area contributed by atoms with Gasteiger partial charge >= 0.3 is 0 Å². The summed E-state index contributed by atoms with van der Waals surface area (Å²) in [5.41, 5.74) is 2.16. The van der Waals surface area contributed by atoms with Crippen molar-refractivity contribution >= 4 is 9.84 Å². The van der Waals surface area contributed by atoms with Crippen LogP contribution in [0.1, 0.15) is 17.8 Å². The molecule has 1 aromatic heterocycles. The first-order valence-corrected chi connectivity index (χ1v) is 8.69. The molecule has 0 aliphatic carbocycles. The maximum absolute atomic E-state index is 11.3. The lowest BCUT2D eigenvalue weighted by molar-refractivity contribution is 0.297. The lowest BCUT2D eigenvalue weighted by atomic mass is 10.3. The average molecular weight is 308 g/mol. The second-order valence-corrected chi connectivity index (χ2v) is 7.11. The van der Waals surface area contributed by atoms with E-state index in [9.17, 15) is 8.42 Å². The normalized spacial score (nSPS) is 11.6. The summed E-state index contributed by atoms with van der Waals surface area (Å²) in [5.74, 6) is 0.677. The molecule has 0 bridgehead atoms. The Kier molecular flexibility index (Phi) is 4.67. The van der Waals surface area contributed by atoms with Crippen molar-refractivity contribution in [2.24, 2.45) is 0 Å². The summed E-state index contributed by atoms with van der Waals surface area (Å²) >= 11 is 0. The van der Waals surface area contributed by atoms with Crippen molar-refractivity contribution in [3.8, 4) is 5.75 Å². The number of aromatic nitrogens is 2. The van der Waals surface area contributed by atoms with Crippen LogP contribution in [0, 0.1) is 13.8 Å². The molecule has 0 fully saturated rings. The Hall–Kier alpha value is -1.82. The highest BCUT2D eigenvalue weighted by Gasteiger charge is 2.06. The third kappa shape index (κ3) is 4.32. The molecule has 0 amide bonds. The van der Waals surface area contributed by atoms with E-state index in [0.717, 1.165) is 24.4 Å². The maximum Gasteiger partial charge on any atom is 0.175 e. The molecule has 0 aliphatic rings. The molecule has 1 heterocycles. The van der Waals surface area contributed by atoms with Crippen LogP contribution < -0.4 is 4.74 Å². The highest BCUT2D eigenvalue weighted by Crippen LogP contribution is 2.16. The Labute approximate surface area is 125 Å². The Balaban J connectivity index is 1.82. The van der Waals surface area contributed by atoms with Gasteiger partial charge in [-0.1, -0.05) is 0 Å². The molecular weight excluding hydrogens is 288 g/mol. The Morgan fingerprint density at radius 2 is 1.86 bits per heavy atom. The van der Waals surface area contributed by atoms with Gasteiger partial charge in [0.15, 0.2) is 9.84 Å². The Bertz CT molecular complexity index is 703. The minimum absolute atomic E-state index is 0.303. The van der Waals surface area contributed by atoms with Gasteiger partial charge in [-0.05, 0) is 44.2 Å². The molecule has 0 spiro atoms. The van der Waals surface area contributed by atoms with Crippen LogP contribution in [-0.4, -0.2) is 31.1 Å². The van der Waals surface area contributed by atoms with E-state index in [2.05, 4.69) is 5.10 Å². The number of hydrogen-bond acceptors (Lipinski definition) is 4. The van der Waals surface area contributed by atoms with E-state index in [4.69, 9.17) is 4.74 Å². The number of ether oxygens (including phenoxy) is 1. The third-order valence-electron chi connectivity index (χ3n) is 3.14. The zero-order valence-corrected chi connectivity index (χ0v) is 13.4. The summed E-state index contributed by atoms with van der Waals surface area (Å²) in [6.45, 7) is 5.38. The van der Waals surface area contributed by atoms with Gasteiger partial charge in [0.2, 0.25) is 0 Å². The van der Waals surface area contributed by atoms with Crippen LogP contribution in [0.4, 0.5) is 0 Å². The van der Waals surface area contributed by atoms with E-state index in [0.29, 0.717) is 17.3 Å². The number of benzene rings is 1. The van der Waals surface area contributed by atoms with E-state index < -0.39 is 9.84 Å². The third-order valence-corrected chi connectivity index (χ3v) is 4.27. The van der Waals surface area contributed by atoms with Gasteiger partial charge in [0, 0.05) is 24.9 Å². The van der Waals surface area contributed by atoms with Crippen LogP contribution in [0.3, 0.4) is 0 Å². The molecule has 21 heavy (non-hydrogen) atoms. The number of rotatable bonds is 6. The monoisotopic (exact) mass is 308 g/mol. The van der Waals surface area contributed by atoms with Crippen molar-refractivity contribution in [3.05, 3.63) is 41.7 Å². The minimum atomic E-state index is -3.15. The van der Waals surface area contributed by atoms with Gasteiger partial charge in [-0.2, -0.15) is 5.10 Å². The fraction of sp³-hybridized carbons (Fsp3) is 0.400. The molecule has 0 atom stereocenters.